The van der Waals surface area contributed by atoms with Gasteiger partial charge in [0.15, 0.2) is 0 Å². The van der Waals surface area contributed by atoms with E-state index in [1.807, 2.05) is 0 Å². The van der Waals surface area contributed by atoms with Gasteiger partial charge in [-0.1, -0.05) is 7.43 Å². The molecule has 5 N–H and O–H groups in total. The lowest BCUT2D eigenvalue weighted by atomic mass is 10.2. The van der Waals surface area contributed by atoms with E-state index in [-0.39, 0.29) is 37.8 Å². The number of non-ortho nitro benzene ring substituents is 1. The minimum absolute atomic E-state index is 0. The van der Waals surface area contributed by atoms with Crippen molar-refractivity contribution in [1.82, 2.24) is 0 Å². The van der Waals surface area contributed by atoms with Crippen LogP contribution in [0.2, 0.25) is 0 Å². The highest BCUT2D eigenvalue weighted by atomic mass is 35.5. The second-order valence-corrected chi connectivity index (χ2v) is 4.41. The predicted molar refractivity (Wildman–Crippen MR) is 89.9 cm³/mol. The van der Waals surface area contributed by atoms with Gasteiger partial charge in [-0.25, -0.2) is 18.4 Å². The summed E-state index contributed by atoms with van der Waals surface area (Å²) in [5.41, 5.74) is 2.70. The number of quaternary nitrogens is 1. The average Bonchev–Trinajstić information content (AvgIpc) is 2.46. The monoisotopic (exact) mass is 428 g/mol. The Hall–Kier alpha value is -2.82. The fourth-order valence-corrected chi connectivity index (χ4v) is 1.58. The molecule has 8 nitrogen and oxygen atoms in total. The molecule has 0 saturated heterocycles. The zero-order valence-electron chi connectivity index (χ0n) is 12.7. The summed E-state index contributed by atoms with van der Waals surface area (Å²) in [6.07, 6.45) is 0. The van der Waals surface area contributed by atoms with Crippen molar-refractivity contribution in [2.45, 2.75) is 7.43 Å². The van der Waals surface area contributed by atoms with Gasteiger partial charge in [-0.3, -0.25) is 10.1 Å². The molecule has 0 radical (unpaired) electrons. The SMILES string of the molecule is C.Cl.O=C(O)c1cc(F)cc([N+](=O)[O-])c1.[Cl-].[NH3+]c1cc(F)cc(C(=O)O)c1. The molecule has 27 heavy (non-hydrogen) atoms. The van der Waals surface area contributed by atoms with Crippen LogP contribution in [0.4, 0.5) is 20.2 Å². The van der Waals surface area contributed by atoms with E-state index in [1.54, 1.807) is 0 Å². The molecule has 0 heterocycles. The molecule has 0 bridgehead atoms. The van der Waals surface area contributed by atoms with Gasteiger partial charge in [0.2, 0.25) is 0 Å². The molecule has 2 rings (SSSR count). The summed E-state index contributed by atoms with van der Waals surface area (Å²) in [5, 5.41) is 27.0. The first-order valence-electron chi connectivity index (χ1n) is 6.14. The van der Waals surface area contributed by atoms with Crippen LogP contribution in [-0.2, 0) is 0 Å². The van der Waals surface area contributed by atoms with Crippen LogP contribution in [0.25, 0.3) is 0 Å². The Morgan fingerprint density at radius 2 is 1.33 bits per heavy atom. The predicted octanol–water partition coefficient (Wildman–Crippen LogP) is -0.109. The smallest absolute Gasteiger partial charge is 0.336 e. The lowest BCUT2D eigenvalue weighted by Gasteiger charge is -1.95. The first-order chi connectivity index (χ1) is 11.1. The van der Waals surface area contributed by atoms with Gasteiger partial charge in [0.25, 0.3) is 5.69 Å². The average molecular weight is 429 g/mol. The summed E-state index contributed by atoms with van der Waals surface area (Å²) < 4.78 is 25.1. The Balaban J connectivity index is -0.000000388. The number of rotatable bonds is 3. The summed E-state index contributed by atoms with van der Waals surface area (Å²) in [4.78, 5) is 30.0. The van der Waals surface area contributed by atoms with Crippen LogP contribution in [0.3, 0.4) is 0 Å². The van der Waals surface area contributed by atoms with E-state index >= 15 is 0 Å². The second kappa shape index (κ2) is 12.5. The first-order valence-corrected chi connectivity index (χ1v) is 6.14. The van der Waals surface area contributed by atoms with Gasteiger partial charge in [0.05, 0.1) is 22.1 Å². The highest BCUT2D eigenvalue weighted by molar-refractivity contribution is 5.88. The van der Waals surface area contributed by atoms with Crippen LogP contribution < -0.4 is 18.1 Å². The number of nitro groups is 1. The van der Waals surface area contributed by atoms with E-state index in [4.69, 9.17) is 10.2 Å². The van der Waals surface area contributed by atoms with Crippen molar-refractivity contribution in [1.29, 1.82) is 0 Å². The van der Waals surface area contributed by atoms with Crippen LogP contribution in [0, 0.1) is 21.7 Å². The standard InChI is InChI=1S/C7H4FNO4.C7H6FNO2.CH4.2ClH/c8-5-1-4(7(10)11)2-6(3-5)9(12)13;8-5-1-4(7(10)11)2-6(9)3-5;;;/h1-3H,(H,10,11);1-3H,9H2,(H,10,11);1H4;2*1H. The molecule has 12 heteroatoms. The van der Waals surface area contributed by atoms with Crippen LogP contribution in [-0.4, -0.2) is 27.1 Å². The van der Waals surface area contributed by atoms with Crippen molar-refractivity contribution >= 4 is 35.7 Å². The van der Waals surface area contributed by atoms with Gasteiger partial charge in [-0.05, 0) is 12.1 Å². The highest BCUT2D eigenvalue weighted by Gasteiger charge is 2.13. The maximum Gasteiger partial charge on any atom is 0.336 e. The zero-order valence-corrected chi connectivity index (χ0v) is 14.3. The van der Waals surface area contributed by atoms with Gasteiger partial charge < -0.3 is 28.4 Å². The van der Waals surface area contributed by atoms with E-state index in [0.717, 1.165) is 18.2 Å². The van der Waals surface area contributed by atoms with Crippen molar-refractivity contribution in [3.63, 3.8) is 0 Å². The van der Waals surface area contributed by atoms with Gasteiger partial charge in [0, 0.05) is 18.2 Å². The van der Waals surface area contributed by atoms with E-state index < -0.39 is 39.7 Å². The molecule has 0 amide bonds. The molecular weight excluding hydrogens is 413 g/mol. The Labute approximate surface area is 164 Å². The van der Waals surface area contributed by atoms with Crippen molar-refractivity contribution in [2.75, 3.05) is 0 Å². The van der Waals surface area contributed by atoms with Crippen LogP contribution in [0.1, 0.15) is 28.1 Å². The fraction of sp³-hybridized carbons (Fsp3) is 0.0667. The van der Waals surface area contributed by atoms with Crippen LogP contribution in [0.15, 0.2) is 36.4 Å². The quantitative estimate of drug-likeness (QED) is 0.459. The number of hydrogen-bond donors (Lipinski definition) is 3. The molecule has 0 fully saturated rings. The van der Waals surface area contributed by atoms with Gasteiger partial charge in [0.1, 0.15) is 17.3 Å². The van der Waals surface area contributed by atoms with Crippen molar-refractivity contribution < 1.29 is 51.6 Å². The Morgan fingerprint density at radius 1 is 0.926 bits per heavy atom. The van der Waals surface area contributed by atoms with E-state index in [1.165, 1.54) is 12.1 Å². The van der Waals surface area contributed by atoms with Crippen molar-refractivity contribution in [3.8, 4) is 0 Å². The van der Waals surface area contributed by atoms with Gasteiger partial charge >= 0.3 is 11.9 Å². The number of nitro benzene ring substituents is 1. The molecule has 0 atom stereocenters. The topological polar surface area (TPSA) is 145 Å². The molecule has 2 aromatic rings. The molecule has 0 aliphatic heterocycles. The lowest BCUT2D eigenvalue weighted by Crippen LogP contribution is -3.00. The number of hydrogen-bond acceptors (Lipinski definition) is 4. The molecule has 0 saturated carbocycles. The molecule has 0 aliphatic rings. The number of benzene rings is 2. The minimum atomic E-state index is -1.40. The summed E-state index contributed by atoms with van der Waals surface area (Å²) in [7, 11) is 0. The Kier molecular flexibility index (Phi) is 13.4. The molecule has 2 aromatic carbocycles. The summed E-state index contributed by atoms with van der Waals surface area (Å²) in [6.45, 7) is 0. The van der Waals surface area contributed by atoms with Gasteiger partial charge in [-0.15, -0.1) is 12.4 Å². The van der Waals surface area contributed by atoms with Gasteiger partial charge in [-0.2, -0.15) is 0 Å². The molecular formula is C15H16Cl2F2N2O6. The first kappa shape index (κ1) is 29.0. The van der Waals surface area contributed by atoms with Crippen molar-refractivity contribution in [2.24, 2.45) is 0 Å². The maximum atomic E-state index is 12.6. The van der Waals surface area contributed by atoms with Crippen molar-refractivity contribution in [3.05, 3.63) is 69.3 Å². The minimum Gasteiger partial charge on any atom is -1.00 e. The molecule has 150 valence electrons. The highest BCUT2D eigenvalue weighted by Crippen LogP contribution is 2.16. The molecule has 0 aromatic heterocycles. The number of aromatic carboxylic acids is 2. The summed E-state index contributed by atoms with van der Waals surface area (Å²) in [6, 6.07) is 5.61. The summed E-state index contributed by atoms with van der Waals surface area (Å²) in [5.74, 6) is -4.06. The number of carbonyl (C=O) groups is 2. The Morgan fingerprint density at radius 3 is 1.70 bits per heavy atom. The van der Waals surface area contributed by atoms with E-state index in [2.05, 4.69) is 5.73 Å². The van der Waals surface area contributed by atoms with Crippen LogP contribution >= 0.6 is 12.4 Å². The third-order valence-corrected chi connectivity index (χ3v) is 2.54. The largest absolute Gasteiger partial charge is 1.00 e. The van der Waals surface area contributed by atoms with E-state index in [0.29, 0.717) is 11.8 Å². The molecule has 0 spiro atoms. The van der Waals surface area contributed by atoms with Crippen LogP contribution in [0.5, 0.6) is 0 Å². The second-order valence-electron chi connectivity index (χ2n) is 4.41. The number of carboxylic acids is 2. The normalized spacial score (nSPS) is 8.56. The lowest BCUT2D eigenvalue weighted by molar-refractivity contribution is -0.385. The van der Waals surface area contributed by atoms with E-state index in [9.17, 15) is 28.5 Å². The fourth-order valence-electron chi connectivity index (χ4n) is 1.58. The molecule has 0 unspecified atom stereocenters. The summed E-state index contributed by atoms with van der Waals surface area (Å²) >= 11 is 0. The number of halogens is 4. The maximum absolute atomic E-state index is 12.6. The number of carboxylic acid groups (broad SMARTS) is 2. The molecule has 0 aliphatic carbocycles. The third kappa shape index (κ3) is 9.45. The third-order valence-electron chi connectivity index (χ3n) is 2.54. The zero-order chi connectivity index (χ0) is 18.4. The number of nitrogens with zero attached hydrogens (tertiary/aromatic N) is 1. The Bertz CT molecular complexity index is 768.